The molecule has 1 unspecified atom stereocenters. The zero-order valence-corrected chi connectivity index (χ0v) is 14.7. The lowest BCUT2D eigenvalue weighted by atomic mass is 10.1. The van der Waals surface area contributed by atoms with E-state index in [9.17, 15) is 0 Å². The minimum Gasteiger partial charge on any atom is -0.341 e. The lowest BCUT2D eigenvalue weighted by Crippen LogP contribution is -2.47. The van der Waals surface area contributed by atoms with Crippen LogP contribution in [0.15, 0.2) is 24.3 Å². The van der Waals surface area contributed by atoms with E-state index >= 15 is 0 Å². The molecule has 4 rings (SSSR count). The number of likely N-dealkylation sites (tertiary alicyclic amines) is 1. The predicted molar refractivity (Wildman–Crippen MR) is 98.1 cm³/mol. The van der Waals surface area contributed by atoms with Crippen LogP contribution in [0.4, 0.5) is 0 Å². The molecule has 0 spiro atoms. The summed E-state index contributed by atoms with van der Waals surface area (Å²) in [6.07, 6.45) is 4.11. The summed E-state index contributed by atoms with van der Waals surface area (Å²) in [5, 5.41) is 0. The van der Waals surface area contributed by atoms with Gasteiger partial charge in [-0.05, 0) is 51.5 Å². The van der Waals surface area contributed by atoms with E-state index in [1.54, 1.807) is 0 Å². The highest BCUT2D eigenvalue weighted by Gasteiger charge is 2.23. The molecule has 2 aliphatic rings. The summed E-state index contributed by atoms with van der Waals surface area (Å²) in [4.78, 5) is 15.9. The van der Waals surface area contributed by atoms with Gasteiger partial charge >= 0.3 is 0 Å². The van der Waals surface area contributed by atoms with Gasteiger partial charge in [-0.2, -0.15) is 0 Å². The van der Waals surface area contributed by atoms with Crippen LogP contribution in [-0.4, -0.2) is 77.0 Å². The van der Waals surface area contributed by atoms with Crippen LogP contribution in [0.5, 0.6) is 0 Å². The molecule has 0 bridgehead atoms. The first-order chi connectivity index (χ1) is 11.8. The zero-order chi connectivity index (χ0) is 16.4. The first-order valence-corrected chi connectivity index (χ1v) is 9.36. The van der Waals surface area contributed by atoms with Crippen LogP contribution in [0.3, 0.4) is 0 Å². The first kappa shape index (κ1) is 16.1. The van der Waals surface area contributed by atoms with Crippen LogP contribution in [0, 0.1) is 0 Å². The Bertz CT molecular complexity index is 626. The first-order valence-electron chi connectivity index (χ1n) is 9.36. The maximum atomic E-state index is 4.71. The second-order valence-corrected chi connectivity index (χ2v) is 7.38. The summed E-state index contributed by atoms with van der Waals surface area (Å²) in [6, 6.07) is 9.11. The van der Waals surface area contributed by atoms with Gasteiger partial charge in [-0.3, -0.25) is 4.90 Å². The maximum absolute atomic E-state index is 4.71. The Kier molecular flexibility index (Phi) is 4.83. The number of hydrogen-bond donors (Lipinski definition) is 1. The van der Waals surface area contributed by atoms with Crippen molar-refractivity contribution in [2.24, 2.45) is 0 Å². The number of para-hydroxylation sites is 2. The van der Waals surface area contributed by atoms with Crippen molar-refractivity contribution in [3.05, 3.63) is 30.1 Å². The van der Waals surface area contributed by atoms with Gasteiger partial charge in [0.1, 0.15) is 5.82 Å². The summed E-state index contributed by atoms with van der Waals surface area (Å²) in [7, 11) is 2.28. The van der Waals surface area contributed by atoms with Gasteiger partial charge in [0.15, 0.2) is 0 Å². The number of hydrogen-bond acceptors (Lipinski definition) is 4. The van der Waals surface area contributed by atoms with Crippen LogP contribution in [0.1, 0.15) is 25.1 Å². The standard InChI is InChI=1S/C19H29N5/c1-22-9-4-5-16(22)8-10-23-11-13-24(14-12-23)15-19-20-17-6-2-3-7-18(17)21-19/h2-3,6-7,16H,4-5,8-15H2,1H3,(H,20,21). The molecule has 5 heteroatoms. The highest BCUT2D eigenvalue weighted by atomic mass is 15.3. The SMILES string of the molecule is CN1CCCC1CCN1CCN(Cc2nc3ccccc3[nH]2)CC1. The molecular formula is C19H29N5. The minimum absolute atomic E-state index is 0.818. The van der Waals surface area contributed by atoms with Gasteiger partial charge < -0.3 is 14.8 Å². The average Bonchev–Trinajstić information content (AvgIpc) is 3.19. The molecule has 0 aliphatic carbocycles. The van der Waals surface area contributed by atoms with E-state index in [4.69, 9.17) is 4.98 Å². The lowest BCUT2D eigenvalue weighted by molar-refractivity contribution is 0.117. The molecule has 1 N–H and O–H groups in total. The Balaban J connectivity index is 1.24. The lowest BCUT2D eigenvalue weighted by Gasteiger charge is -2.35. The van der Waals surface area contributed by atoms with Gasteiger partial charge in [-0.25, -0.2) is 4.98 Å². The van der Waals surface area contributed by atoms with Crippen LogP contribution in [0.25, 0.3) is 11.0 Å². The number of piperazine rings is 1. The molecular weight excluding hydrogens is 298 g/mol. The monoisotopic (exact) mass is 327 g/mol. The van der Waals surface area contributed by atoms with Gasteiger partial charge in [0, 0.05) is 32.2 Å². The van der Waals surface area contributed by atoms with Crippen LogP contribution < -0.4 is 0 Å². The number of aromatic nitrogens is 2. The smallest absolute Gasteiger partial charge is 0.121 e. The fraction of sp³-hybridized carbons (Fsp3) is 0.632. The van der Waals surface area contributed by atoms with E-state index in [2.05, 4.69) is 44.9 Å². The highest BCUT2D eigenvalue weighted by Crippen LogP contribution is 2.19. The van der Waals surface area contributed by atoms with Gasteiger partial charge in [-0.15, -0.1) is 0 Å². The third kappa shape index (κ3) is 3.63. The molecule has 130 valence electrons. The van der Waals surface area contributed by atoms with Crippen molar-refractivity contribution in [2.45, 2.75) is 31.8 Å². The number of fused-ring (bicyclic) bond motifs is 1. The number of benzene rings is 1. The summed E-state index contributed by atoms with van der Waals surface area (Å²) in [5.41, 5.74) is 2.22. The molecule has 0 amide bonds. The fourth-order valence-electron chi connectivity index (χ4n) is 4.14. The number of rotatable bonds is 5. The van der Waals surface area contributed by atoms with Crippen molar-refractivity contribution >= 4 is 11.0 Å². The molecule has 1 atom stereocenters. The fourth-order valence-corrected chi connectivity index (χ4v) is 4.14. The molecule has 0 radical (unpaired) electrons. The molecule has 2 saturated heterocycles. The highest BCUT2D eigenvalue weighted by molar-refractivity contribution is 5.74. The third-order valence-corrected chi connectivity index (χ3v) is 5.73. The van der Waals surface area contributed by atoms with Crippen molar-refractivity contribution in [3.63, 3.8) is 0 Å². The maximum Gasteiger partial charge on any atom is 0.121 e. The Morgan fingerprint density at radius 1 is 1.08 bits per heavy atom. The van der Waals surface area contributed by atoms with Crippen molar-refractivity contribution in [3.8, 4) is 0 Å². The van der Waals surface area contributed by atoms with Crippen LogP contribution >= 0.6 is 0 Å². The van der Waals surface area contributed by atoms with Crippen LogP contribution in [0.2, 0.25) is 0 Å². The molecule has 24 heavy (non-hydrogen) atoms. The van der Waals surface area contributed by atoms with E-state index in [1.165, 1.54) is 45.4 Å². The molecule has 1 aromatic carbocycles. The summed E-state index contributed by atoms with van der Waals surface area (Å²) in [5.74, 6) is 1.09. The molecule has 3 heterocycles. The van der Waals surface area contributed by atoms with Crippen molar-refractivity contribution in [2.75, 3.05) is 46.3 Å². The van der Waals surface area contributed by atoms with E-state index in [0.717, 1.165) is 42.5 Å². The Morgan fingerprint density at radius 3 is 2.62 bits per heavy atom. The van der Waals surface area contributed by atoms with Gasteiger partial charge in [0.2, 0.25) is 0 Å². The molecule has 2 fully saturated rings. The second-order valence-electron chi connectivity index (χ2n) is 7.38. The van der Waals surface area contributed by atoms with E-state index in [0.29, 0.717) is 0 Å². The van der Waals surface area contributed by atoms with Gasteiger partial charge in [0.05, 0.1) is 17.6 Å². The average molecular weight is 327 g/mol. The summed E-state index contributed by atoms with van der Waals surface area (Å²) in [6.45, 7) is 8.17. The number of nitrogens with zero attached hydrogens (tertiary/aromatic N) is 4. The van der Waals surface area contributed by atoms with Crippen molar-refractivity contribution < 1.29 is 0 Å². The molecule has 5 nitrogen and oxygen atoms in total. The quantitative estimate of drug-likeness (QED) is 0.913. The Hall–Kier alpha value is -1.43. The predicted octanol–water partition coefficient (Wildman–Crippen LogP) is 2.16. The van der Waals surface area contributed by atoms with Crippen molar-refractivity contribution in [1.29, 1.82) is 0 Å². The zero-order valence-electron chi connectivity index (χ0n) is 14.7. The van der Waals surface area contributed by atoms with Crippen molar-refractivity contribution in [1.82, 2.24) is 24.7 Å². The van der Waals surface area contributed by atoms with Crippen LogP contribution in [-0.2, 0) is 6.54 Å². The number of H-pyrrole nitrogens is 1. The second kappa shape index (κ2) is 7.21. The van der Waals surface area contributed by atoms with E-state index in [1.807, 2.05) is 6.07 Å². The van der Waals surface area contributed by atoms with Gasteiger partial charge in [-0.1, -0.05) is 12.1 Å². The number of imidazole rings is 1. The topological polar surface area (TPSA) is 38.4 Å². The Labute approximate surface area is 144 Å². The molecule has 2 aromatic rings. The molecule has 1 aromatic heterocycles. The van der Waals surface area contributed by atoms with Gasteiger partial charge in [0.25, 0.3) is 0 Å². The summed E-state index contributed by atoms with van der Waals surface area (Å²) >= 11 is 0. The van der Waals surface area contributed by atoms with E-state index in [-0.39, 0.29) is 0 Å². The Morgan fingerprint density at radius 2 is 1.88 bits per heavy atom. The third-order valence-electron chi connectivity index (χ3n) is 5.73. The molecule has 0 saturated carbocycles. The number of nitrogens with one attached hydrogen (secondary N) is 1. The largest absolute Gasteiger partial charge is 0.341 e. The minimum atomic E-state index is 0.818. The normalized spacial score (nSPS) is 24.1. The van der Waals surface area contributed by atoms with E-state index < -0.39 is 0 Å². The summed E-state index contributed by atoms with van der Waals surface area (Å²) < 4.78 is 0. The molecule has 2 aliphatic heterocycles. The number of aromatic amines is 1.